The van der Waals surface area contributed by atoms with E-state index in [0.717, 1.165) is 54.6 Å². The van der Waals surface area contributed by atoms with Crippen LogP contribution >= 0.6 is 0 Å². The van der Waals surface area contributed by atoms with E-state index in [4.69, 9.17) is 20.9 Å². The standard InChI is InChI=1S/C25H33N3O5/c26-12-22(29)32-20-7-17-1-2-18(6-19(17)8-21(20)33-23(30)13-27)24(31)28-25-9-14-3-15(10-25)5-16(4-14)11-25/h7-8,14-16,18H,1-6,9-13,26-27H2,(H,28,31). The number of hydrogen-bond donors (Lipinski definition) is 3. The summed E-state index contributed by atoms with van der Waals surface area (Å²) in [6.45, 7) is -0.578. The molecule has 1 unspecified atom stereocenters. The van der Waals surface area contributed by atoms with Crippen molar-refractivity contribution in [2.24, 2.45) is 35.1 Å². The predicted octanol–water partition coefficient (Wildman–Crippen LogP) is 1.60. The van der Waals surface area contributed by atoms with Crippen molar-refractivity contribution in [2.75, 3.05) is 13.1 Å². The largest absolute Gasteiger partial charge is 0.422 e. The molecule has 6 rings (SSSR count). The van der Waals surface area contributed by atoms with E-state index in [0.29, 0.717) is 12.8 Å². The molecule has 0 saturated heterocycles. The van der Waals surface area contributed by atoms with E-state index >= 15 is 0 Å². The minimum atomic E-state index is -0.632. The number of benzene rings is 1. The van der Waals surface area contributed by atoms with Gasteiger partial charge >= 0.3 is 11.9 Å². The third-order valence-electron chi connectivity index (χ3n) is 8.07. The van der Waals surface area contributed by atoms with E-state index in [-0.39, 0.29) is 42.0 Å². The summed E-state index contributed by atoms with van der Waals surface area (Å²) in [4.78, 5) is 36.9. The van der Waals surface area contributed by atoms with Gasteiger partial charge in [-0.15, -0.1) is 0 Å². The Kier molecular flexibility index (Phi) is 5.91. The monoisotopic (exact) mass is 455 g/mol. The summed E-state index contributed by atoms with van der Waals surface area (Å²) in [5.41, 5.74) is 12.7. The van der Waals surface area contributed by atoms with Gasteiger partial charge in [-0.2, -0.15) is 0 Å². The third kappa shape index (κ3) is 4.51. The highest BCUT2D eigenvalue weighted by Crippen LogP contribution is 2.55. The van der Waals surface area contributed by atoms with E-state index in [1.807, 2.05) is 0 Å². The number of fused-ring (bicyclic) bond motifs is 1. The number of amides is 1. The Morgan fingerprint density at radius 1 is 0.879 bits per heavy atom. The summed E-state index contributed by atoms with van der Waals surface area (Å²) < 4.78 is 10.6. The van der Waals surface area contributed by atoms with Gasteiger partial charge in [0.2, 0.25) is 5.91 Å². The first-order chi connectivity index (χ1) is 15.9. The zero-order valence-corrected chi connectivity index (χ0v) is 18.9. The molecule has 0 aliphatic heterocycles. The Bertz CT molecular complexity index is 940. The molecule has 1 amide bonds. The molecule has 1 atom stereocenters. The second-order valence-electron chi connectivity index (χ2n) is 10.6. The van der Waals surface area contributed by atoms with Crippen molar-refractivity contribution >= 4 is 17.8 Å². The molecular weight excluding hydrogens is 422 g/mol. The van der Waals surface area contributed by atoms with Gasteiger partial charge in [-0.1, -0.05) is 0 Å². The van der Waals surface area contributed by atoms with Crippen LogP contribution in [0, 0.1) is 23.7 Å². The Morgan fingerprint density at radius 3 is 1.91 bits per heavy atom. The lowest BCUT2D eigenvalue weighted by atomic mass is 9.53. The molecule has 8 nitrogen and oxygen atoms in total. The lowest BCUT2D eigenvalue weighted by Crippen LogP contribution is -2.60. The van der Waals surface area contributed by atoms with Crippen LogP contribution in [-0.4, -0.2) is 36.5 Å². The van der Waals surface area contributed by atoms with E-state index in [1.54, 1.807) is 12.1 Å². The van der Waals surface area contributed by atoms with Gasteiger partial charge in [0.1, 0.15) is 0 Å². The van der Waals surface area contributed by atoms with E-state index < -0.39 is 11.9 Å². The normalized spacial score (nSPS) is 31.6. The SMILES string of the molecule is NCC(=O)Oc1cc2c(cc1OC(=O)CN)CC(C(=O)NC13CC4CC(CC(C4)C1)C3)CC2. The first-order valence-electron chi connectivity index (χ1n) is 12.2. The fourth-order valence-corrected chi connectivity index (χ4v) is 7.10. The molecular formula is C25H33N3O5. The Balaban J connectivity index is 1.32. The van der Waals surface area contributed by atoms with Gasteiger partial charge in [-0.25, -0.2) is 0 Å². The number of rotatable bonds is 6. The third-order valence-corrected chi connectivity index (χ3v) is 8.07. The summed E-state index contributed by atoms with van der Waals surface area (Å²) in [6, 6.07) is 3.42. The van der Waals surface area contributed by atoms with Crippen molar-refractivity contribution in [1.29, 1.82) is 0 Å². The summed E-state index contributed by atoms with van der Waals surface area (Å²) in [5, 5.41) is 3.50. The summed E-state index contributed by atoms with van der Waals surface area (Å²) in [7, 11) is 0. The molecule has 33 heavy (non-hydrogen) atoms. The molecule has 5 aliphatic rings. The molecule has 5 aliphatic carbocycles. The van der Waals surface area contributed by atoms with Crippen LogP contribution in [-0.2, 0) is 27.2 Å². The van der Waals surface area contributed by atoms with Gasteiger partial charge in [-0.05, 0) is 98.8 Å². The molecule has 4 saturated carbocycles. The topological polar surface area (TPSA) is 134 Å². The quantitative estimate of drug-likeness (QED) is 0.438. The van der Waals surface area contributed by atoms with Crippen LogP contribution in [0.5, 0.6) is 11.5 Å². The average molecular weight is 456 g/mol. The number of ether oxygens (including phenoxy) is 2. The highest BCUT2D eigenvalue weighted by molar-refractivity contribution is 5.81. The second-order valence-corrected chi connectivity index (χ2v) is 10.6. The van der Waals surface area contributed by atoms with Gasteiger partial charge in [0.15, 0.2) is 11.5 Å². The average Bonchev–Trinajstić information content (AvgIpc) is 2.77. The van der Waals surface area contributed by atoms with Gasteiger partial charge in [0.05, 0.1) is 13.1 Å². The molecule has 178 valence electrons. The Hall–Kier alpha value is -2.45. The van der Waals surface area contributed by atoms with Crippen molar-refractivity contribution in [3.05, 3.63) is 23.3 Å². The van der Waals surface area contributed by atoms with Crippen LogP contribution < -0.4 is 26.3 Å². The second kappa shape index (κ2) is 8.72. The Morgan fingerprint density at radius 2 is 1.39 bits per heavy atom. The van der Waals surface area contributed by atoms with Crippen molar-refractivity contribution in [1.82, 2.24) is 5.32 Å². The number of aryl methyl sites for hydroxylation is 1. The smallest absolute Gasteiger partial charge is 0.325 e. The molecule has 0 heterocycles. The van der Waals surface area contributed by atoms with Crippen LogP contribution in [0.15, 0.2) is 12.1 Å². The molecule has 8 heteroatoms. The first kappa shape index (κ1) is 22.3. The highest BCUT2D eigenvalue weighted by Gasteiger charge is 2.51. The van der Waals surface area contributed by atoms with Crippen molar-refractivity contribution in [3.63, 3.8) is 0 Å². The number of carbonyl (C=O) groups is 3. The lowest BCUT2D eigenvalue weighted by Gasteiger charge is -2.57. The van der Waals surface area contributed by atoms with E-state index in [9.17, 15) is 14.4 Å². The number of nitrogens with one attached hydrogen (secondary N) is 1. The molecule has 0 radical (unpaired) electrons. The van der Waals surface area contributed by atoms with Gasteiger partial charge < -0.3 is 26.3 Å². The summed E-state index contributed by atoms with van der Waals surface area (Å²) in [6.07, 6.45) is 9.39. The van der Waals surface area contributed by atoms with Crippen molar-refractivity contribution < 1.29 is 23.9 Å². The maximum absolute atomic E-state index is 13.4. The number of nitrogens with two attached hydrogens (primary N) is 2. The predicted molar refractivity (Wildman–Crippen MR) is 120 cm³/mol. The molecule has 1 aromatic rings. The van der Waals surface area contributed by atoms with Gasteiger partial charge in [0.25, 0.3) is 0 Å². The molecule has 4 bridgehead atoms. The van der Waals surface area contributed by atoms with E-state index in [1.165, 1.54) is 19.3 Å². The Labute approximate surface area is 193 Å². The number of esters is 2. The fourth-order valence-electron chi connectivity index (χ4n) is 7.10. The van der Waals surface area contributed by atoms with Crippen molar-refractivity contribution in [3.8, 4) is 11.5 Å². The maximum Gasteiger partial charge on any atom is 0.325 e. The van der Waals surface area contributed by atoms with Crippen LogP contribution in [0.4, 0.5) is 0 Å². The summed E-state index contributed by atoms with van der Waals surface area (Å²) >= 11 is 0. The lowest BCUT2D eigenvalue weighted by molar-refractivity contribution is -0.135. The minimum absolute atomic E-state index is 0.00574. The van der Waals surface area contributed by atoms with Crippen LogP contribution in [0.3, 0.4) is 0 Å². The first-order valence-corrected chi connectivity index (χ1v) is 12.2. The fraction of sp³-hybridized carbons (Fsp3) is 0.640. The van der Waals surface area contributed by atoms with Crippen LogP contribution in [0.2, 0.25) is 0 Å². The van der Waals surface area contributed by atoms with Gasteiger partial charge in [-0.3, -0.25) is 14.4 Å². The minimum Gasteiger partial charge on any atom is -0.422 e. The zero-order valence-electron chi connectivity index (χ0n) is 18.9. The zero-order chi connectivity index (χ0) is 23.2. The molecule has 4 fully saturated rings. The molecule has 0 aromatic heterocycles. The van der Waals surface area contributed by atoms with Crippen LogP contribution in [0.25, 0.3) is 0 Å². The van der Waals surface area contributed by atoms with Gasteiger partial charge in [0, 0.05) is 11.5 Å². The number of carbonyl (C=O) groups excluding carboxylic acids is 3. The summed E-state index contributed by atoms with van der Waals surface area (Å²) in [5.74, 6) is 1.38. The van der Waals surface area contributed by atoms with E-state index in [2.05, 4.69) is 5.32 Å². The van der Waals surface area contributed by atoms with Crippen LogP contribution in [0.1, 0.15) is 56.1 Å². The molecule has 1 aromatic carbocycles. The molecule has 0 spiro atoms. The molecule has 5 N–H and O–H groups in total. The van der Waals surface area contributed by atoms with Crippen molar-refractivity contribution in [2.45, 2.75) is 63.3 Å². The highest BCUT2D eigenvalue weighted by atomic mass is 16.6. The number of hydrogen-bond acceptors (Lipinski definition) is 7. The maximum atomic E-state index is 13.4.